The van der Waals surface area contributed by atoms with Crippen molar-refractivity contribution < 1.29 is 4.92 Å². The average Bonchev–Trinajstić information content (AvgIpc) is 2.73. The summed E-state index contributed by atoms with van der Waals surface area (Å²) < 4.78 is 1.79. The highest BCUT2D eigenvalue weighted by molar-refractivity contribution is 5.48. The Morgan fingerprint density at radius 2 is 2.33 bits per heavy atom. The smallest absolute Gasteiger partial charge is 0.287 e. The van der Waals surface area contributed by atoms with Crippen LogP contribution in [0.25, 0.3) is 0 Å². The third kappa shape index (κ3) is 2.42. The van der Waals surface area contributed by atoms with Crippen molar-refractivity contribution >= 4 is 11.5 Å². The number of nitrogens with one attached hydrogen (secondary N) is 1. The van der Waals surface area contributed by atoms with E-state index in [9.17, 15) is 10.1 Å². The number of nitrogens with zero attached hydrogens (tertiary/aromatic N) is 5. The number of hydrogen-bond acceptors (Lipinski definition) is 6. The fourth-order valence-electron chi connectivity index (χ4n) is 1.47. The number of nitro groups is 1. The molecule has 0 amide bonds. The Kier molecular flexibility index (Phi) is 3.18. The molecule has 8 nitrogen and oxygen atoms in total. The molecule has 2 rings (SSSR count). The monoisotopic (exact) mass is 248 g/mol. The van der Waals surface area contributed by atoms with Gasteiger partial charge in [-0.25, -0.2) is 4.98 Å². The molecule has 18 heavy (non-hydrogen) atoms. The molecular formula is C10H12N6O2. The first-order valence-corrected chi connectivity index (χ1v) is 5.25. The van der Waals surface area contributed by atoms with E-state index in [1.807, 2.05) is 7.05 Å². The van der Waals surface area contributed by atoms with Gasteiger partial charge in [0.1, 0.15) is 18.3 Å². The normalized spacial score (nSPS) is 10.3. The molecule has 0 bridgehead atoms. The van der Waals surface area contributed by atoms with Crippen molar-refractivity contribution in [2.45, 2.75) is 13.5 Å². The number of pyridine rings is 1. The Hall–Kier alpha value is -2.51. The molecule has 2 aromatic heterocycles. The van der Waals surface area contributed by atoms with E-state index in [2.05, 4.69) is 20.5 Å². The molecule has 0 unspecified atom stereocenters. The average molecular weight is 248 g/mol. The van der Waals surface area contributed by atoms with Crippen LogP contribution in [0.5, 0.6) is 0 Å². The van der Waals surface area contributed by atoms with Crippen molar-refractivity contribution in [1.82, 2.24) is 19.7 Å². The molecule has 0 fully saturated rings. The molecule has 0 aliphatic rings. The summed E-state index contributed by atoms with van der Waals surface area (Å²) in [6, 6.07) is 1.48. The van der Waals surface area contributed by atoms with E-state index < -0.39 is 4.92 Å². The molecule has 0 aliphatic heterocycles. The highest BCUT2D eigenvalue weighted by atomic mass is 16.6. The second kappa shape index (κ2) is 4.78. The van der Waals surface area contributed by atoms with Gasteiger partial charge in [0.2, 0.25) is 0 Å². The maximum Gasteiger partial charge on any atom is 0.287 e. The van der Waals surface area contributed by atoms with E-state index in [-0.39, 0.29) is 5.69 Å². The Morgan fingerprint density at radius 1 is 1.56 bits per heavy atom. The van der Waals surface area contributed by atoms with Crippen LogP contribution in [-0.4, -0.2) is 24.7 Å². The SMILES string of the molecule is Cc1cc([N+](=O)[O-])cnc1NCc1nncn1C. The predicted octanol–water partition coefficient (Wildman–Crippen LogP) is 1.04. The molecule has 0 saturated carbocycles. The van der Waals surface area contributed by atoms with Crippen LogP contribution in [0.2, 0.25) is 0 Å². The minimum atomic E-state index is -0.466. The second-order valence-corrected chi connectivity index (χ2v) is 3.83. The summed E-state index contributed by atoms with van der Waals surface area (Å²) in [5, 5.41) is 21.3. The topological polar surface area (TPSA) is 98.8 Å². The van der Waals surface area contributed by atoms with Crippen LogP contribution in [-0.2, 0) is 13.6 Å². The lowest BCUT2D eigenvalue weighted by Crippen LogP contribution is -2.08. The molecule has 1 N–H and O–H groups in total. The van der Waals surface area contributed by atoms with Gasteiger partial charge in [-0.05, 0) is 12.5 Å². The lowest BCUT2D eigenvalue weighted by Gasteiger charge is -2.07. The van der Waals surface area contributed by atoms with Crippen molar-refractivity contribution in [2.24, 2.45) is 7.05 Å². The molecule has 8 heteroatoms. The Balaban J connectivity index is 2.11. The maximum absolute atomic E-state index is 10.6. The third-order valence-corrected chi connectivity index (χ3v) is 2.49. The molecular weight excluding hydrogens is 236 g/mol. The van der Waals surface area contributed by atoms with Crippen molar-refractivity contribution in [2.75, 3.05) is 5.32 Å². The first-order valence-electron chi connectivity index (χ1n) is 5.25. The summed E-state index contributed by atoms with van der Waals surface area (Å²) in [5.41, 5.74) is 0.697. The number of anilines is 1. The predicted molar refractivity (Wildman–Crippen MR) is 64.0 cm³/mol. The van der Waals surface area contributed by atoms with Crippen molar-refractivity contribution in [3.63, 3.8) is 0 Å². The molecule has 0 saturated heterocycles. The molecule has 0 radical (unpaired) electrons. The number of aryl methyl sites for hydroxylation is 2. The maximum atomic E-state index is 10.6. The largest absolute Gasteiger partial charge is 0.363 e. The van der Waals surface area contributed by atoms with Crippen LogP contribution in [0.3, 0.4) is 0 Å². The van der Waals surface area contributed by atoms with Gasteiger partial charge in [0, 0.05) is 13.1 Å². The quantitative estimate of drug-likeness (QED) is 0.641. The van der Waals surface area contributed by atoms with Gasteiger partial charge < -0.3 is 9.88 Å². The van der Waals surface area contributed by atoms with E-state index in [0.717, 1.165) is 5.82 Å². The highest BCUT2D eigenvalue weighted by Crippen LogP contribution is 2.18. The van der Waals surface area contributed by atoms with E-state index in [0.29, 0.717) is 17.9 Å². The first kappa shape index (κ1) is 12.0. The van der Waals surface area contributed by atoms with Crippen LogP contribution in [0.1, 0.15) is 11.4 Å². The zero-order valence-electron chi connectivity index (χ0n) is 9.99. The summed E-state index contributed by atoms with van der Waals surface area (Å²) in [6.07, 6.45) is 2.83. The lowest BCUT2D eigenvalue weighted by atomic mass is 10.2. The van der Waals surface area contributed by atoms with E-state index >= 15 is 0 Å². The Morgan fingerprint density at radius 3 is 2.89 bits per heavy atom. The molecule has 0 aliphatic carbocycles. The van der Waals surface area contributed by atoms with Crippen molar-refractivity contribution in [3.8, 4) is 0 Å². The fourth-order valence-corrected chi connectivity index (χ4v) is 1.47. The van der Waals surface area contributed by atoms with Crippen LogP contribution in [0, 0.1) is 17.0 Å². The molecule has 2 aromatic rings. The standard InChI is InChI=1S/C10H12N6O2/c1-7-3-8(16(17)18)4-11-10(7)12-5-9-14-13-6-15(9)2/h3-4,6H,5H2,1-2H3,(H,11,12). The van der Waals surface area contributed by atoms with E-state index in [1.54, 1.807) is 17.8 Å². The molecule has 94 valence electrons. The van der Waals surface area contributed by atoms with E-state index in [1.165, 1.54) is 12.3 Å². The Labute approximate surface area is 103 Å². The zero-order chi connectivity index (χ0) is 13.1. The van der Waals surface area contributed by atoms with Gasteiger partial charge in [-0.3, -0.25) is 10.1 Å². The second-order valence-electron chi connectivity index (χ2n) is 3.83. The summed E-state index contributed by atoms with van der Waals surface area (Å²) in [6.45, 7) is 2.22. The van der Waals surface area contributed by atoms with Gasteiger partial charge in [0.25, 0.3) is 5.69 Å². The van der Waals surface area contributed by atoms with Gasteiger partial charge >= 0.3 is 0 Å². The molecule has 0 aromatic carbocycles. The third-order valence-electron chi connectivity index (χ3n) is 2.49. The Bertz CT molecular complexity index is 579. The van der Waals surface area contributed by atoms with Crippen LogP contribution >= 0.6 is 0 Å². The van der Waals surface area contributed by atoms with Crippen LogP contribution < -0.4 is 5.32 Å². The molecule has 0 spiro atoms. The summed E-state index contributed by atoms with van der Waals surface area (Å²) in [7, 11) is 1.84. The highest BCUT2D eigenvalue weighted by Gasteiger charge is 2.09. The number of rotatable bonds is 4. The molecule has 0 atom stereocenters. The van der Waals surface area contributed by atoms with Gasteiger partial charge in [0.15, 0.2) is 5.82 Å². The van der Waals surface area contributed by atoms with Gasteiger partial charge in [-0.15, -0.1) is 10.2 Å². The van der Waals surface area contributed by atoms with E-state index in [4.69, 9.17) is 0 Å². The summed E-state index contributed by atoms with van der Waals surface area (Å²) in [5.74, 6) is 1.36. The number of aromatic nitrogens is 4. The fraction of sp³-hybridized carbons (Fsp3) is 0.300. The zero-order valence-corrected chi connectivity index (χ0v) is 9.99. The van der Waals surface area contributed by atoms with Crippen LogP contribution in [0.15, 0.2) is 18.6 Å². The van der Waals surface area contributed by atoms with Crippen molar-refractivity contribution in [1.29, 1.82) is 0 Å². The minimum absolute atomic E-state index is 0.0169. The number of hydrogen-bond donors (Lipinski definition) is 1. The first-order chi connectivity index (χ1) is 8.58. The van der Waals surface area contributed by atoms with Gasteiger partial charge in [0.05, 0.1) is 11.5 Å². The summed E-state index contributed by atoms with van der Waals surface area (Å²) >= 11 is 0. The van der Waals surface area contributed by atoms with Crippen molar-refractivity contribution in [3.05, 3.63) is 40.1 Å². The van der Waals surface area contributed by atoms with Crippen LogP contribution in [0.4, 0.5) is 11.5 Å². The van der Waals surface area contributed by atoms with Gasteiger partial charge in [-0.2, -0.15) is 0 Å². The minimum Gasteiger partial charge on any atom is -0.363 e. The van der Waals surface area contributed by atoms with Gasteiger partial charge in [-0.1, -0.05) is 0 Å². The summed E-state index contributed by atoms with van der Waals surface area (Å²) in [4.78, 5) is 14.1. The molecule has 2 heterocycles. The lowest BCUT2D eigenvalue weighted by molar-refractivity contribution is -0.385.